The van der Waals surface area contributed by atoms with E-state index in [1.807, 2.05) is 54.6 Å². The third-order valence-corrected chi connectivity index (χ3v) is 5.76. The second kappa shape index (κ2) is 10.2. The molecular weight excluding hydrogens is 362 g/mol. The molecule has 0 bridgehead atoms. The number of anilines is 2. The average molecular weight is 394 g/mol. The molecule has 1 saturated heterocycles. The van der Waals surface area contributed by atoms with Crippen LogP contribution in [0.3, 0.4) is 0 Å². The van der Waals surface area contributed by atoms with Crippen LogP contribution in [0.5, 0.6) is 0 Å². The van der Waals surface area contributed by atoms with Crippen LogP contribution in [0.4, 0.5) is 11.4 Å². The van der Waals surface area contributed by atoms with Crippen LogP contribution >= 0.6 is 0 Å². The maximum Gasteiger partial charge on any atom is 0.231 e. The SMILES string of the molecule is CC(CC(=O)Nc1ccc(CC(=O)N(C)c2ccccc2)cc1)C1CCCNC1. The number of nitrogens with one attached hydrogen (secondary N) is 2. The molecule has 29 heavy (non-hydrogen) atoms. The first-order chi connectivity index (χ1) is 14.0. The van der Waals surface area contributed by atoms with Gasteiger partial charge in [0, 0.05) is 24.8 Å². The van der Waals surface area contributed by atoms with Crippen molar-refractivity contribution in [1.82, 2.24) is 5.32 Å². The zero-order valence-corrected chi connectivity index (χ0v) is 17.4. The molecule has 3 rings (SSSR count). The monoisotopic (exact) mass is 393 g/mol. The summed E-state index contributed by atoms with van der Waals surface area (Å²) in [5.41, 5.74) is 2.58. The summed E-state index contributed by atoms with van der Waals surface area (Å²) in [6.45, 7) is 4.26. The third kappa shape index (κ3) is 6.16. The number of benzene rings is 2. The first-order valence-electron chi connectivity index (χ1n) is 10.4. The zero-order chi connectivity index (χ0) is 20.6. The van der Waals surface area contributed by atoms with E-state index < -0.39 is 0 Å². The van der Waals surface area contributed by atoms with Crippen molar-refractivity contribution in [2.45, 2.75) is 32.6 Å². The summed E-state index contributed by atoms with van der Waals surface area (Å²) < 4.78 is 0. The van der Waals surface area contributed by atoms with Crippen molar-refractivity contribution in [2.75, 3.05) is 30.4 Å². The van der Waals surface area contributed by atoms with E-state index in [4.69, 9.17) is 0 Å². The molecule has 5 nitrogen and oxygen atoms in total. The Labute approximate surface area is 173 Å². The van der Waals surface area contributed by atoms with E-state index in [1.165, 1.54) is 12.8 Å². The lowest BCUT2D eigenvalue weighted by Gasteiger charge is -2.28. The number of amides is 2. The standard InChI is InChI=1S/C24H31N3O2/c1-18(20-7-6-14-25-17-20)15-23(28)26-21-12-10-19(11-13-21)16-24(29)27(2)22-8-4-3-5-9-22/h3-5,8-13,18,20,25H,6-7,14-17H2,1-2H3,(H,26,28). The van der Waals surface area contributed by atoms with E-state index in [0.717, 1.165) is 30.0 Å². The Kier molecular flexibility index (Phi) is 7.42. The fourth-order valence-electron chi connectivity index (χ4n) is 3.83. The molecule has 1 aliphatic heterocycles. The molecule has 2 amide bonds. The fourth-order valence-corrected chi connectivity index (χ4v) is 3.83. The molecule has 1 heterocycles. The van der Waals surface area contributed by atoms with Crippen molar-refractivity contribution in [3.8, 4) is 0 Å². The molecule has 1 aliphatic rings. The minimum atomic E-state index is 0.0305. The minimum absolute atomic E-state index is 0.0305. The second-order valence-corrected chi connectivity index (χ2v) is 8.00. The van der Waals surface area contributed by atoms with Crippen LogP contribution in [0.15, 0.2) is 54.6 Å². The van der Waals surface area contributed by atoms with Gasteiger partial charge in [-0.1, -0.05) is 37.3 Å². The molecule has 2 aromatic carbocycles. The number of likely N-dealkylation sites (N-methyl/N-ethyl adjacent to an activating group) is 1. The molecule has 0 saturated carbocycles. The van der Waals surface area contributed by atoms with Gasteiger partial charge in [0.05, 0.1) is 6.42 Å². The number of piperidine rings is 1. The molecule has 2 N–H and O–H groups in total. The predicted molar refractivity (Wildman–Crippen MR) is 118 cm³/mol. The van der Waals surface area contributed by atoms with Crippen LogP contribution in [0.2, 0.25) is 0 Å². The van der Waals surface area contributed by atoms with Crippen molar-refractivity contribution in [1.29, 1.82) is 0 Å². The Morgan fingerprint density at radius 3 is 2.52 bits per heavy atom. The molecule has 0 aromatic heterocycles. The van der Waals surface area contributed by atoms with Crippen LogP contribution in [-0.4, -0.2) is 32.0 Å². The highest BCUT2D eigenvalue weighted by Crippen LogP contribution is 2.23. The fraction of sp³-hybridized carbons (Fsp3) is 0.417. The number of hydrogen-bond acceptors (Lipinski definition) is 3. The van der Waals surface area contributed by atoms with Crippen molar-refractivity contribution in [2.24, 2.45) is 11.8 Å². The Morgan fingerprint density at radius 2 is 1.86 bits per heavy atom. The molecule has 2 atom stereocenters. The topological polar surface area (TPSA) is 61.4 Å². The molecule has 154 valence electrons. The van der Waals surface area contributed by atoms with E-state index in [2.05, 4.69) is 17.6 Å². The normalized spacial score (nSPS) is 17.4. The zero-order valence-electron chi connectivity index (χ0n) is 17.4. The van der Waals surface area contributed by atoms with Crippen molar-refractivity contribution >= 4 is 23.2 Å². The summed E-state index contributed by atoms with van der Waals surface area (Å²) in [5, 5.41) is 6.40. The number of rotatable bonds is 7. The Hall–Kier alpha value is -2.66. The van der Waals surface area contributed by atoms with E-state index in [0.29, 0.717) is 24.7 Å². The van der Waals surface area contributed by atoms with Gasteiger partial charge in [0.25, 0.3) is 0 Å². The van der Waals surface area contributed by atoms with Crippen molar-refractivity contribution < 1.29 is 9.59 Å². The smallest absolute Gasteiger partial charge is 0.231 e. The Morgan fingerprint density at radius 1 is 1.14 bits per heavy atom. The summed E-state index contributed by atoms with van der Waals surface area (Å²) in [7, 11) is 1.79. The second-order valence-electron chi connectivity index (χ2n) is 8.00. The van der Waals surface area contributed by atoms with E-state index >= 15 is 0 Å². The largest absolute Gasteiger partial charge is 0.326 e. The van der Waals surface area contributed by atoms with Gasteiger partial charge in [0.1, 0.15) is 0 Å². The highest BCUT2D eigenvalue weighted by atomic mass is 16.2. The number of carbonyl (C=O) groups is 2. The summed E-state index contributed by atoms with van der Waals surface area (Å²) in [4.78, 5) is 26.5. The van der Waals surface area contributed by atoms with Crippen LogP contribution < -0.4 is 15.5 Å². The van der Waals surface area contributed by atoms with Crippen LogP contribution in [0.1, 0.15) is 31.7 Å². The third-order valence-electron chi connectivity index (χ3n) is 5.76. The lowest BCUT2D eigenvalue weighted by Crippen LogP contribution is -2.34. The quantitative estimate of drug-likeness (QED) is 0.751. The van der Waals surface area contributed by atoms with Crippen LogP contribution in [0, 0.1) is 11.8 Å². The lowest BCUT2D eigenvalue weighted by atomic mass is 9.85. The number of nitrogens with zero attached hydrogens (tertiary/aromatic N) is 1. The molecule has 0 radical (unpaired) electrons. The van der Waals surface area contributed by atoms with Gasteiger partial charge in [0.2, 0.25) is 11.8 Å². The molecule has 2 unspecified atom stereocenters. The molecule has 0 spiro atoms. The first kappa shape index (κ1) is 21.1. The minimum Gasteiger partial charge on any atom is -0.326 e. The van der Waals surface area contributed by atoms with Crippen LogP contribution in [-0.2, 0) is 16.0 Å². The Bertz CT molecular complexity index is 799. The summed E-state index contributed by atoms with van der Waals surface area (Å²) in [6.07, 6.45) is 3.25. The lowest BCUT2D eigenvalue weighted by molar-refractivity contribution is -0.118. The molecule has 5 heteroatoms. The van der Waals surface area contributed by atoms with Gasteiger partial charge in [-0.3, -0.25) is 9.59 Å². The average Bonchev–Trinajstić information content (AvgIpc) is 2.75. The van der Waals surface area contributed by atoms with Gasteiger partial charge in [-0.15, -0.1) is 0 Å². The predicted octanol–water partition coefficient (Wildman–Crippen LogP) is 3.86. The van der Waals surface area contributed by atoms with Gasteiger partial charge in [-0.2, -0.15) is 0 Å². The van der Waals surface area contributed by atoms with Gasteiger partial charge in [0.15, 0.2) is 0 Å². The number of carbonyl (C=O) groups excluding carboxylic acids is 2. The maximum absolute atomic E-state index is 12.5. The first-order valence-corrected chi connectivity index (χ1v) is 10.4. The van der Waals surface area contributed by atoms with E-state index in [9.17, 15) is 9.59 Å². The summed E-state index contributed by atoms with van der Waals surface area (Å²) in [6, 6.07) is 17.2. The summed E-state index contributed by atoms with van der Waals surface area (Å²) >= 11 is 0. The van der Waals surface area contributed by atoms with Crippen molar-refractivity contribution in [3.05, 3.63) is 60.2 Å². The van der Waals surface area contributed by atoms with Crippen LogP contribution in [0.25, 0.3) is 0 Å². The van der Waals surface area contributed by atoms with Gasteiger partial charge >= 0.3 is 0 Å². The maximum atomic E-state index is 12.5. The van der Waals surface area contributed by atoms with E-state index in [1.54, 1.807) is 11.9 Å². The molecular formula is C24H31N3O2. The molecule has 0 aliphatic carbocycles. The highest BCUT2D eigenvalue weighted by molar-refractivity contribution is 5.94. The Balaban J connectivity index is 1.49. The number of hydrogen-bond donors (Lipinski definition) is 2. The highest BCUT2D eigenvalue weighted by Gasteiger charge is 2.22. The molecule has 2 aromatic rings. The number of para-hydroxylation sites is 1. The van der Waals surface area contributed by atoms with Gasteiger partial charge in [-0.05, 0) is 67.6 Å². The molecule has 1 fully saturated rings. The van der Waals surface area contributed by atoms with Gasteiger partial charge < -0.3 is 15.5 Å². The summed E-state index contributed by atoms with van der Waals surface area (Å²) in [5.74, 6) is 1.02. The van der Waals surface area contributed by atoms with Crippen molar-refractivity contribution in [3.63, 3.8) is 0 Å². The van der Waals surface area contributed by atoms with Gasteiger partial charge in [-0.25, -0.2) is 0 Å². The van der Waals surface area contributed by atoms with E-state index in [-0.39, 0.29) is 11.8 Å².